The van der Waals surface area contributed by atoms with Crippen molar-refractivity contribution in [1.29, 1.82) is 10.5 Å². The second-order valence-electron chi connectivity index (χ2n) is 8.53. The van der Waals surface area contributed by atoms with Crippen LogP contribution in [0.1, 0.15) is 62.0 Å². The molecule has 1 saturated carbocycles. The Balaban J connectivity index is 1.91. The van der Waals surface area contributed by atoms with Crippen LogP contribution in [0.15, 0.2) is 24.3 Å². The maximum absolute atomic E-state index is 13.7. The summed E-state index contributed by atoms with van der Waals surface area (Å²) in [5.74, 6) is -0.131. The van der Waals surface area contributed by atoms with Crippen molar-refractivity contribution in [1.82, 2.24) is 9.97 Å². The third-order valence-electron chi connectivity index (χ3n) is 7.14. The molecule has 4 rings (SSSR count). The minimum Gasteiger partial charge on any atom is -0.325 e. The van der Waals surface area contributed by atoms with Crippen molar-refractivity contribution in [2.75, 3.05) is 5.32 Å². The summed E-state index contributed by atoms with van der Waals surface area (Å²) in [5, 5.41) is 21.9. The zero-order valence-electron chi connectivity index (χ0n) is 16.4. The summed E-state index contributed by atoms with van der Waals surface area (Å²) >= 11 is 0. The normalized spacial score (nSPS) is 26.2. The first-order valence-electron chi connectivity index (χ1n) is 9.32. The van der Waals surface area contributed by atoms with Crippen LogP contribution in [0.4, 0.5) is 5.69 Å². The van der Waals surface area contributed by atoms with E-state index in [4.69, 9.17) is 0 Å². The van der Waals surface area contributed by atoms with E-state index in [-0.39, 0.29) is 17.3 Å². The highest BCUT2D eigenvalue weighted by Gasteiger charge is 2.73. The lowest BCUT2D eigenvalue weighted by molar-refractivity contribution is -0.125. The van der Waals surface area contributed by atoms with E-state index in [0.717, 1.165) is 17.7 Å². The summed E-state index contributed by atoms with van der Waals surface area (Å²) in [5.41, 5.74) is 1.28. The number of hydrogen-bond acceptors (Lipinski definition) is 5. The average Bonchev–Trinajstić information content (AvgIpc) is 2.96. The van der Waals surface area contributed by atoms with Crippen LogP contribution in [0.2, 0.25) is 0 Å². The third-order valence-corrected chi connectivity index (χ3v) is 7.14. The first kappa shape index (κ1) is 18.1. The second kappa shape index (κ2) is 5.62. The SMILES string of the molecule is Cc1cccc(NC(=O)C23CCC(C)(c4nc(C#N)c(C#N)nc42)C3(C)C)c1. The Hall–Kier alpha value is -3.25. The molecule has 140 valence electrons. The summed E-state index contributed by atoms with van der Waals surface area (Å²) < 4.78 is 0. The minimum absolute atomic E-state index is 0.0177. The van der Waals surface area contributed by atoms with Crippen LogP contribution in [0.5, 0.6) is 0 Å². The molecular weight excluding hydrogens is 350 g/mol. The molecule has 6 nitrogen and oxygen atoms in total. The molecule has 0 spiro atoms. The molecule has 2 atom stereocenters. The van der Waals surface area contributed by atoms with Gasteiger partial charge in [-0.1, -0.05) is 32.9 Å². The topological polar surface area (TPSA) is 102 Å². The number of hydrogen-bond donors (Lipinski definition) is 1. The lowest BCUT2D eigenvalue weighted by Crippen LogP contribution is -2.48. The van der Waals surface area contributed by atoms with Crippen LogP contribution in [-0.4, -0.2) is 15.9 Å². The molecule has 0 aliphatic heterocycles. The van der Waals surface area contributed by atoms with Crippen molar-refractivity contribution < 1.29 is 4.79 Å². The van der Waals surface area contributed by atoms with E-state index in [2.05, 4.69) is 36.1 Å². The van der Waals surface area contributed by atoms with Crippen LogP contribution >= 0.6 is 0 Å². The number of nitrogens with zero attached hydrogens (tertiary/aromatic N) is 4. The van der Waals surface area contributed by atoms with E-state index >= 15 is 0 Å². The van der Waals surface area contributed by atoms with Gasteiger partial charge in [0.2, 0.25) is 5.91 Å². The summed E-state index contributed by atoms with van der Waals surface area (Å²) in [7, 11) is 0. The maximum atomic E-state index is 13.7. The van der Waals surface area contributed by atoms with Crippen molar-refractivity contribution in [3.05, 3.63) is 52.6 Å². The fourth-order valence-electron chi connectivity index (χ4n) is 5.10. The number of nitrogens with one attached hydrogen (secondary N) is 1. The number of carbonyl (C=O) groups excluding carboxylic acids is 1. The van der Waals surface area contributed by atoms with E-state index in [9.17, 15) is 15.3 Å². The number of fused-ring (bicyclic) bond motifs is 5. The van der Waals surface area contributed by atoms with E-state index in [1.807, 2.05) is 43.3 Å². The van der Waals surface area contributed by atoms with Crippen molar-refractivity contribution in [3.63, 3.8) is 0 Å². The summed E-state index contributed by atoms with van der Waals surface area (Å²) in [6.07, 6.45) is 1.41. The first-order valence-corrected chi connectivity index (χ1v) is 9.32. The molecule has 28 heavy (non-hydrogen) atoms. The second-order valence-corrected chi connectivity index (χ2v) is 8.53. The van der Waals surface area contributed by atoms with Gasteiger partial charge in [-0.2, -0.15) is 10.5 Å². The highest BCUT2D eigenvalue weighted by molar-refractivity contribution is 6.01. The number of benzene rings is 1. The predicted molar refractivity (Wildman–Crippen MR) is 103 cm³/mol. The van der Waals surface area contributed by atoms with Gasteiger partial charge in [0.05, 0.1) is 16.8 Å². The van der Waals surface area contributed by atoms with Gasteiger partial charge in [-0.05, 0) is 42.9 Å². The molecule has 2 aliphatic rings. The van der Waals surface area contributed by atoms with Crippen LogP contribution in [0.3, 0.4) is 0 Å². The molecule has 1 aromatic heterocycles. The average molecular weight is 371 g/mol. The van der Waals surface area contributed by atoms with Crippen molar-refractivity contribution in [3.8, 4) is 12.1 Å². The molecule has 1 N–H and O–H groups in total. The molecule has 1 fully saturated rings. The summed E-state index contributed by atoms with van der Waals surface area (Å²) in [6.45, 7) is 8.19. The van der Waals surface area contributed by atoms with Gasteiger partial charge >= 0.3 is 0 Å². The zero-order chi connectivity index (χ0) is 20.3. The molecular formula is C22H21N5O. The Kier molecular flexibility index (Phi) is 3.64. The quantitative estimate of drug-likeness (QED) is 0.870. The fraction of sp³-hybridized carbons (Fsp3) is 0.409. The number of anilines is 1. The zero-order valence-corrected chi connectivity index (χ0v) is 16.4. The van der Waals surface area contributed by atoms with Gasteiger partial charge in [0, 0.05) is 11.1 Å². The number of aryl methyl sites for hydroxylation is 1. The molecule has 1 heterocycles. The number of amides is 1. The van der Waals surface area contributed by atoms with Gasteiger partial charge in [0.1, 0.15) is 12.1 Å². The van der Waals surface area contributed by atoms with E-state index in [0.29, 0.717) is 17.8 Å². The smallest absolute Gasteiger partial charge is 0.237 e. The van der Waals surface area contributed by atoms with E-state index in [1.54, 1.807) is 0 Å². The Morgan fingerprint density at radius 1 is 1.07 bits per heavy atom. The molecule has 2 unspecified atom stereocenters. The molecule has 1 aromatic carbocycles. The van der Waals surface area contributed by atoms with E-state index in [1.165, 1.54) is 0 Å². The molecule has 2 aliphatic carbocycles. The van der Waals surface area contributed by atoms with Crippen molar-refractivity contribution in [2.45, 2.75) is 51.4 Å². The first-order chi connectivity index (χ1) is 13.2. The Morgan fingerprint density at radius 2 is 1.71 bits per heavy atom. The van der Waals surface area contributed by atoms with Crippen molar-refractivity contribution >= 4 is 11.6 Å². The molecule has 0 radical (unpaired) electrons. The number of rotatable bonds is 2. The van der Waals surface area contributed by atoms with E-state index < -0.39 is 16.2 Å². The molecule has 2 bridgehead atoms. The standard InChI is InChI=1S/C22H21N5O/c1-13-6-5-7-14(10-13)25-19(28)22-9-8-21(4,20(22,2)3)17-18(22)27-16(12-24)15(11-23)26-17/h5-7,10H,8-9H2,1-4H3,(H,25,28). The van der Waals surface area contributed by atoms with Crippen molar-refractivity contribution in [2.24, 2.45) is 5.41 Å². The monoisotopic (exact) mass is 371 g/mol. The third kappa shape index (κ3) is 1.98. The predicted octanol–water partition coefficient (Wildman–Crippen LogP) is 3.50. The fourth-order valence-corrected chi connectivity index (χ4v) is 5.10. The van der Waals surface area contributed by atoms with Crippen LogP contribution in [-0.2, 0) is 15.6 Å². The molecule has 2 aromatic rings. The lowest BCUT2D eigenvalue weighted by Gasteiger charge is -2.39. The van der Waals surface area contributed by atoms with Gasteiger partial charge in [-0.3, -0.25) is 4.79 Å². The summed E-state index contributed by atoms with van der Waals surface area (Å²) in [4.78, 5) is 22.7. The Morgan fingerprint density at radius 3 is 2.32 bits per heavy atom. The van der Waals surface area contributed by atoms with Gasteiger partial charge < -0.3 is 5.32 Å². The summed E-state index contributed by atoms with van der Waals surface area (Å²) in [6, 6.07) is 11.6. The van der Waals surface area contributed by atoms with Gasteiger partial charge in [0.25, 0.3) is 0 Å². The Bertz CT molecular complexity index is 1110. The minimum atomic E-state index is -0.895. The number of aromatic nitrogens is 2. The number of carbonyl (C=O) groups is 1. The van der Waals surface area contributed by atoms with Gasteiger partial charge in [0.15, 0.2) is 11.4 Å². The van der Waals surface area contributed by atoms with Gasteiger partial charge in [-0.15, -0.1) is 0 Å². The Labute approximate surface area is 164 Å². The lowest BCUT2D eigenvalue weighted by atomic mass is 9.63. The largest absolute Gasteiger partial charge is 0.325 e. The molecule has 1 amide bonds. The maximum Gasteiger partial charge on any atom is 0.237 e. The van der Waals surface area contributed by atoms with Crippen LogP contribution < -0.4 is 5.32 Å². The molecule has 6 heteroatoms. The van der Waals surface area contributed by atoms with Gasteiger partial charge in [-0.25, -0.2) is 9.97 Å². The number of nitriles is 2. The highest BCUT2D eigenvalue weighted by atomic mass is 16.2. The molecule has 0 saturated heterocycles. The highest BCUT2D eigenvalue weighted by Crippen LogP contribution is 2.70. The van der Waals surface area contributed by atoms with Crippen LogP contribution in [0, 0.1) is 35.0 Å². The van der Waals surface area contributed by atoms with Crippen LogP contribution in [0.25, 0.3) is 0 Å².